The number of nitrogens with zero attached hydrogens (tertiary/aromatic N) is 1. The van der Waals surface area contributed by atoms with Gasteiger partial charge in [0.1, 0.15) is 0 Å². The summed E-state index contributed by atoms with van der Waals surface area (Å²) < 4.78 is 5.12. The number of methoxy groups -OCH3 is 1. The van der Waals surface area contributed by atoms with Crippen LogP contribution in [0, 0.1) is 11.8 Å². The average Bonchev–Trinajstić information content (AvgIpc) is 2.38. The molecule has 6 heteroatoms. The van der Waals surface area contributed by atoms with Crippen molar-refractivity contribution in [3.05, 3.63) is 0 Å². The first-order chi connectivity index (χ1) is 8.95. The molecular formula is C13H24N2O4. The molecule has 0 aromatic rings. The number of likely N-dealkylation sites (tertiary alicyclic amines) is 1. The Balaban J connectivity index is 2.46. The van der Waals surface area contributed by atoms with Crippen LogP contribution in [0.3, 0.4) is 0 Å². The number of amides is 2. The van der Waals surface area contributed by atoms with Gasteiger partial charge in [-0.25, -0.2) is 4.79 Å². The minimum Gasteiger partial charge on any atom is -0.481 e. The van der Waals surface area contributed by atoms with Crippen LogP contribution in [0.25, 0.3) is 0 Å². The van der Waals surface area contributed by atoms with Crippen LogP contribution in [0.5, 0.6) is 0 Å². The van der Waals surface area contributed by atoms with Crippen molar-refractivity contribution in [1.82, 2.24) is 10.2 Å². The fourth-order valence-electron chi connectivity index (χ4n) is 2.25. The standard InChI is InChI=1S/C13H24N2O4/c1-9(12(16)17)10(2)14-13(18)15-6-4-5-11(7-15)8-19-3/h9-11H,4-8H2,1-3H3,(H,14,18)(H,16,17). The van der Waals surface area contributed by atoms with E-state index in [2.05, 4.69) is 5.32 Å². The summed E-state index contributed by atoms with van der Waals surface area (Å²) in [6.45, 7) is 5.36. The number of nitrogens with one attached hydrogen (secondary N) is 1. The Labute approximate surface area is 114 Å². The van der Waals surface area contributed by atoms with E-state index < -0.39 is 11.9 Å². The zero-order chi connectivity index (χ0) is 14.4. The van der Waals surface area contributed by atoms with Crippen molar-refractivity contribution in [3.63, 3.8) is 0 Å². The van der Waals surface area contributed by atoms with E-state index in [9.17, 15) is 9.59 Å². The van der Waals surface area contributed by atoms with Crippen LogP contribution in [-0.4, -0.2) is 54.9 Å². The largest absolute Gasteiger partial charge is 0.481 e. The van der Waals surface area contributed by atoms with Gasteiger partial charge in [0.15, 0.2) is 0 Å². The van der Waals surface area contributed by atoms with Crippen LogP contribution in [0.4, 0.5) is 4.79 Å². The normalized spacial score (nSPS) is 22.7. The lowest BCUT2D eigenvalue weighted by Crippen LogP contribution is -2.50. The van der Waals surface area contributed by atoms with E-state index in [0.717, 1.165) is 19.4 Å². The molecular weight excluding hydrogens is 248 g/mol. The Morgan fingerprint density at radius 1 is 1.47 bits per heavy atom. The van der Waals surface area contributed by atoms with Crippen LogP contribution in [-0.2, 0) is 9.53 Å². The first-order valence-corrected chi connectivity index (χ1v) is 6.72. The van der Waals surface area contributed by atoms with Crippen molar-refractivity contribution in [1.29, 1.82) is 0 Å². The van der Waals surface area contributed by atoms with Gasteiger partial charge in [-0.3, -0.25) is 4.79 Å². The fraction of sp³-hybridized carbons (Fsp3) is 0.846. The molecule has 0 bridgehead atoms. The number of urea groups is 1. The number of carbonyl (C=O) groups excluding carboxylic acids is 1. The summed E-state index contributed by atoms with van der Waals surface area (Å²) in [5.41, 5.74) is 0. The summed E-state index contributed by atoms with van der Waals surface area (Å²) >= 11 is 0. The smallest absolute Gasteiger partial charge is 0.317 e. The number of hydrogen-bond donors (Lipinski definition) is 2. The predicted octanol–water partition coefficient (Wildman–Crippen LogP) is 1.16. The van der Waals surface area contributed by atoms with Crippen molar-refractivity contribution >= 4 is 12.0 Å². The van der Waals surface area contributed by atoms with E-state index in [4.69, 9.17) is 9.84 Å². The Hall–Kier alpha value is -1.30. The quantitative estimate of drug-likeness (QED) is 0.787. The van der Waals surface area contributed by atoms with Crippen molar-refractivity contribution in [2.24, 2.45) is 11.8 Å². The molecule has 0 aliphatic carbocycles. The van der Waals surface area contributed by atoms with E-state index in [0.29, 0.717) is 19.1 Å². The molecule has 0 aromatic heterocycles. The lowest BCUT2D eigenvalue weighted by atomic mass is 9.99. The van der Waals surface area contributed by atoms with Crippen molar-refractivity contribution in [3.8, 4) is 0 Å². The molecule has 6 nitrogen and oxygen atoms in total. The van der Waals surface area contributed by atoms with Crippen molar-refractivity contribution in [2.45, 2.75) is 32.7 Å². The van der Waals surface area contributed by atoms with Crippen LogP contribution >= 0.6 is 0 Å². The van der Waals surface area contributed by atoms with Gasteiger partial charge >= 0.3 is 12.0 Å². The highest BCUT2D eigenvalue weighted by atomic mass is 16.5. The molecule has 110 valence electrons. The molecule has 19 heavy (non-hydrogen) atoms. The van der Waals surface area contributed by atoms with Crippen LogP contribution in [0.15, 0.2) is 0 Å². The third-order valence-corrected chi connectivity index (χ3v) is 3.70. The van der Waals surface area contributed by atoms with E-state index in [1.54, 1.807) is 25.9 Å². The van der Waals surface area contributed by atoms with Gasteiger partial charge in [0.05, 0.1) is 12.5 Å². The molecule has 1 saturated heterocycles. The predicted molar refractivity (Wildman–Crippen MR) is 71.0 cm³/mol. The zero-order valence-corrected chi connectivity index (χ0v) is 11.9. The Morgan fingerprint density at radius 3 is 2.74 bits per heavy atom. The number of carbonyl (C=O) groups is 2. The molecule has 1 heterocycles. The second-order valence-electron chi connectivity index (χ2n) is 5.27. The van der Waals surface area contributed by atoms with E-state index >= 15 is 0 Å². The molecule has 1 rings (SSSR count). The topological polar surface area (TPSA) is 78.9 Å². The fourth-order valence-corrected chi connectivity index (χ4v) is 2.25. The van der Waals surface area contributed by atoms with E-state index in [1.807, 2.05) is 0 Å². The second-order valence-corrected chi connectivity index (χ2v) is 5.27. The number of carboxylic acid groups (broad SMARTS) is 1. The summed E-state index contributed by atoms with van der Waals surface area (Å²) in [5.74, 6) is -1.12. The molecule has 0 spiro atoms. The first kappa shape index (κ1) is 15.8. The summed E-state index contributed by atoms with van der Waals surface area (Å²) in [6, 6.07) is -0.561. The summed E-state index contributed by atoms with van der Waals surface area (Å²) in [4.78, 5) is 24.7. The molecule has 0 aromatic carbocycles. The number of piperidine rings is 1. The van der Waals surface area contributed by atoms with Gasteiger partial charge in [0.25, 0.3) is 0 Å². The maximum atomic E-state index is 12.1. The van der Waals surface area contributed by atoms with Crippen LogP contribution in [0.1, 0.15) is 26.7 Å². The summed E-state index contributed by atoms with van der Waals surface area (Å²) in [6.07, 6.45) is 2.03. The number of aliphatic carboxylic acids is 1. The van der Waals surface area contributed by atoms with Crippen LogP contribution in [0.2, 0.25) is 0 Å². The highest BCUT2D eigenvalue weighted by Gasteiger charge is 2.27. The van der Waals surface area contributed by atoms with Gasteiger partial charge in [-0.05, 0) is 26.7 Å². The van der Waals surface area contributed by atoms with Gasteiger partial charge in [0.2, 0.25) is 0 Å². The molecule has 1 fully saturated rings. The van der Waals surface area contributed by atoms with Gasteiger partial charge in [-0.15, -0.1) is 0 Å². The monoisotopic (exact) mass is 272 g/mol. The SMILES string of the molecule is COCC1CCCN(C(=O)NC(C)C(C)C(=O)O)C1. The molecule has 2 amide bonds. The maximum absolute atomic E-state index is 12.1. The second kappa shape index (κ2) is 7.33. The summed E-state index contributed by atoms with van der Waals surface area (Å²) in [7, 11) is 1.66. The highest BCUT2D eigenvalue weighted by molar-refractivity contribution is 5.76. The minimum atomic E-state index is -0.899. The van der Waals surface area contributed by atoms with Gasteiger partial charge in [-0.1, -0.05) is 0 Å². The van der Waals surface area contributed by atoms with Gasteiger partial charge in [-0.2, -0.15) is 0 Å². The zero-order valence-electron chi connectivity index (χ0n) is 11.9. The number of carboxylic acids is 1. The molecule has 3 unspecified atom stereocenters. The minimum absolute atomic E-state index is 0.179. The molecule has 3 atom stereocenters. The first-order valence-electron chi connectivity index (χ1n) is 6.72. The molecule has 1 aliphatic rings. The van der Waals surface area contributed by atoms with Crippen molar-refractivity contribution < 1.29 is 19.4 Å². The third kappa shape index (κ3) is 4.70. The number of ether oxygens (including phenoxy) is 1. The lowest BCUT2D eigenvalue weighted by molar-refractivity contribution is -0.141. The van der Waals surface area contributed by atoms with Crippen molar-refractivity contribution in [2.75, 3.05) is 26.8 Å². The maximum Gasteiger partial charge on any atom is 0.317 e. The Morgan fingerprint density at radius 2 is 2.16 bits per heavy atom. The number of hydrogen-bond acceptors (Lipinski definition) is 3. The van der Waals surface area contributed by atoms with Crippen LogP contribution < -0.4 is 5.32 Å². The third-order valence-electron chi connectivity index (χ3n) is 3.70. The van der Waals surface area contributed by atoms with E-state index in [-0.39, 0.29) is 12.1 Å². The lowest BCUT2D eigenvalue weighted by Gasteiger charge is -2.33. The molecule has 0 radical (unpaired) electrons. The molecule has 2 N–H and O–H groups in total. The Bertz CT molecular complexity index is 320. The molecule has 1 aliphatic heterocycles. The van der Waals surface area contributed by atoms with Gasteiger partial charge in [0, 0.05) is 32.2 Å². The molecule has 0 saturated carbocycles. The highest BCUT2D eigenvalue weighted by Crippen LogP contribution is 2.17. The Kier molecular flexibility index (Phi) is 6.08. The summed E-state index contributed by atoms with van der Waals surface area (Å²) in [5, 5.41) is 11.7. The average molecular weight is 272 g/mol. The van der Waals surface area contributed by atoms with E-state index in [1.165, 1.54) is 0 Å². The number of rotatable bonds is 5. The van der Waals surface area contributed by atoms with Gasteiger partial charge < -0.3 is 20.1 Å².